The highest BCUT2D eigenvalue weighted by atomic mass is 16.5. The molecule has 0 fully saturated rings. The number of carbonyl (C=O) groups is 1. The van der Waals surface area contributed by atoms with Gasteiger partial charge in [0.15, 0.2) is 5.82 Å². The molecule has 2 aromatic rings. The predicted molar refractivity (Wildman–Crippen MR) is 76.7 cm³/mol. The molecule has 5 heteroatoms. The van der Waals surface area contributed by atoms with Crippen LogP contribution in [0.1, 0.15) is 24.8 Å². The third kappa shape index (κ3) is 3.78. The van der Waals surface area contributed by atoms with E-state index in [9.17, 15) is 4.79 Å². The van der Waals surface area contributed by atoms with E-state index in [0.29, 0.717) is 12.2 Å². The molecule has 0 saturated heterocycles. The second kappa shape index (κ2) is 6.65. The van der Waals surface area contributed by atoms with Gasteiger partial charge >= 0.3 is 0 Å². The lowest BCUT2D eigenvalue weighted by molar-refractivity contribution is -0.116. The summed E-state index contributed by atoms with van der Waals surface area (Å²) in [6.45, 7) is 2.01. The molecule has 1 aromatic heterocycles. The average molecular weight is 271 g/mol. The Morgan fingerprint density at radius 2 is 2.05 bits per heavy atom. The van der Waals surface area contributed by atoms with Crippen molar-refractivity contribution in [1.29, 1.82) is 0 Å². The lowest BCUT2D eigenvalue weighted by atomic mass is 9.97. The summed E-state index contributed by atoms with van der Waals surface area (Å²) in [6, 6.07) is 7.73. The maximum atomic E-state index is 11.9. The van der Waals surface area contributed by atoms with Crippen LogP contribution >= 0.6 is 0 Å². The molecule has 0 unspecified atom stereocenters. The Bertz CT molecular complexity index is 555. The summed E-state index contributed by atoms with van der Waals surface area (Å²) in [5.41, 5.74) is 1.10. The van der Waals surface area contributed by atoms with E-state index in [1.54, 1.807) is 19.5 Å². The molecule has 1 amide bonds. The van der Waals surface area contributed by atoms with Gasteiger partial charge in [0.25, 0.3) is 0 Å². The summed E-state index contributed by atoms with van der Waals surface area (Å²) in [6.07, 6.45) is 5.02. The third-order valence-corrected chi connectivity index (χ3v) is 3.01. The number of nitrogens with zero attached hydrogens (tertiary/aromatic N) is 2. The van der Waals surface area contributed by atoms with Crippen molar-refractivity contribution in [3.05, 3.63) is 48.4 Å². The van der Waals surface area contributed by atoms with Crippen LogP contribution in [-0.2, 0) is 4.79 Å². The average Bonchev–Trinajstić information content (AvgIpc) is 2.48. The van der Waals surface area contributed by atoms with Crippen LogP contribution in [0.25, 0.3) is 0 Å². The molecule has 0 aliphatic rings. The van der Waals surface area contributed by atoms with Crippen LogP contribution < -0.4 is 10.1 Å². The van der Waals surface area contributed by atoms with Gasteiger partial charge in [-0.05, 0) is 23.6 Å². The first-order valence-electron chi connectivity index (χ1n) is 6.39. The lowest BCUT2D eigenvalue weighted by Gasteiger charge is -2.12. The quantitative estimate of drug-likeness (QED) is 0.908. The normalized spacial score (nSPS) is 11.7. The van der Waals surface area contributed by atoms with E-state index in [2.05, 4.69) is 15.3 Å². The van der Waals surface area contributed by atoms with Crippen molar-refractivity contribution in [2.24, 2.45) is 0 Å². The Labute approximate surface area is 118 Å². The van der Waals surface area contributed by atoms with Crippen LogP contribution in [0.3, 0.4) is 0 Å². The molecule has 1 aromatic carbocycles. The molecule has 0 aliphatic heterocycles. The van der Waals surface area contributed by atoms with Gasteiger partial charge in [0, 0.05) is 18.8 Å². The Balaban J connectivity index is 1.93. The monoisotopic (exact) mass is 271 g/mol. The SMILES string of the molecule is COc1ccc([C@H](C)CC(=O)Nc2cnccn2)cc1. The molecule has 20 heavy (non-hydrogen) atoms. The Morgan fingerprint density at radius 1 is 1.30 bits per heavy atom. The van der Waals surface area contributed by atoms with Gasteiger partial charge in [-0.25, -0.2) is 4.98 Å². The minimum atomic E-state index is -0.0752. The maximum absolute atomic E-state index is 11.9. The van der Waals surface area contributed by atoms with Crippen LogP contribution in [0.4, 0.5) is 5.82 Å². The summed E-state index contributed by atoms with van der Waals surface area (Å²) < 4.78 is 5.11. The molecule has 1 heterocycles. The number of ether oxygens (including phenoxy) is 1. The van der Waals surface area contributed by atoms with Gasteiger partial charge in [0.05, 0.1) is 13.3 Å². The summed E-state index contributed by atoms with van der Waals surface area (Å²) in [5.74, 6) is 1.33. The highest BCUT2D eigenvalue weighted by molar-refractivity contribution is 5.90. The smallest absolute Gasteiger partial charge is 0.226 e. The summed E-state index contributed by atoms with van der Waals surface area (Å²) in [7, 11) is 1.63. The van der Waals surface area contributed by atoms with E-state index < -0.39 is 0 Å². The molecule has 0 saturated carbocycles. The summed E-state index contributed by atoms with van der Waals surface area (Å²) in [5, 5.41) is 2.73. The van der Waals surface area contributed by atoms with Crippen molar-refractivity contribution >= 4 is 11.7 Å². The first-order chi connectivity index (χ1) is 9.69. The third-order valence-electron chi connectivity index (χ3n) is 3.01. The van der Waals surface area contributed by atoms with Gasteiger partial charge in [-0.1, -0.05) is 19.1 Å². The number of carbonyl (C=O) groups excluding carboxylic acids is 1. The highest BCUT2D eigenvalue weighted by Gasteiger charge is 2.12. The number of hydrogen-bond acceptors (Lipinski definition) is 4. The molecule has 0 spiro atoms. The van der Waals surface area contributed by atoms with E-state index in [1.807, 2.05) is 31.2 Å². The van der Waals surface area contributed by atoms with Gasteiger partial charge in [0.1, 0.15) is 5.75 Å². The van der Waals surface area contributed by atoms with Crippen molar-refractivity contribution in [3.63, 3.8) is 0 Å². The van der Waals surface area contributed by atoms with E-state index in [0.717, 1.165) is 11.3 Å². The van der Waals surface area contributed by atoms with Gasteiger partial charge in [-0.15, -0.1) is 0 Å². The first kappa shape index (κ1) is 14.0. The van der Waals surface area contributed by atoms with Gasteiger partial charge < -0.3 is 10.1 Å². The number of hydrogen-bond donors (Lipinski definition) is 1. The Kier molecular flexibility index (Phi) is 4.65. The minimum Gasteiger partial charge on any atom is -0.497 e. The topological polar surface area (TPSA) is 64.1 Å². The second-order valence-electron chi connectivity index (χ2n) is 4.52. The van der Waals surface area contributed by atoms with Crippen LogP contribution in [0.5, 0.6) is 5.75 Å². The van der Waals surface area contributed by atoms with Crippen molar-refractivity contribution < 1.29 is 9.53 Å². The van der Waals surface area contributed by atoms with Crippen molar-refractivity contribution in [1.82, 2.24) is 9.97 Å². The number of rotatable bonds is 5. The maximum Gasteiger partial charge on any atom is 0.226 e. The van der Waals surface area contributed by atoms with E-state index >= 15 is 0 Å². The zero-order chi connectivity index (χ0) is 14.4. The molecule has 2 rings (SSSR count). The summed E-state index contributed by atoms with van der Waals surface area (Å²) in [4.78, 5) is 19.8. The fourth-order valence-electron chi connectivity index (χ4n) is 1.89. The minimum absolute atomic E-state index is 0.0752. The number of anilines is 1. The van der Waals surface area contributed by atoms with Crippen molar-refractivity contribution in [3.8, 4) is 5.75 Å². The fraction of sp³-hybridized carbons (Fsp3) is 0.267. The molecule has 104 valence electrons. The second-order valence-corrected chi connectivity index (χ2v) is 4.52. The number of aromatic nitrogens is 2. The molecule has 5 nitrogen and oxygen atoms in total. The van der Waals surface area contributed by atoms with Gasteiger partial charge in [0.2, 0.25) is 5.91 Å². The van der Waals surface area contributed by atoms with E-state index in [4.69, 9.17) is 4.74 Å². The Hall–Kier alpha value is -2.43. The Morgan fingerprint density at radius 3 is 2.65 bits per heavy atom. The fourth-order valence-corrected chi connectivity index (χ4v) is 1.89. The van der Waals surface area contributed by atoms with Gasteiger partial charge in [-0.3, -0.25) is 9.78 Å². The molecule has 0 bridgehead atoms. The lowest BCUT2D eigenvalue weighted by Crippen LogP contribution is -2.15. The number of methoxy groups -OCH3 is 1. The van der Waals surface area contributed by atoms with E-state index in [-0.39, 0.29) is 11.8 Å². The van der Waals surface area contributed by atoms with Crippen molar-refractivity contribution in [2.45, 2.75) is 19.3 Å². The largest absolute Gasteiger partial charge is 0.497 e. The molecule has 1 atom stereocenters. The van der Waals surface area contributed by atoms with Crippen LogP contribution in [0, 0.1) is 0 Å². The van der Waals surface area contributed by atoms with E-state index in [1.165, 1.54) is 6.20 Å². The van der Waals surface area contributed by atoms with Crippen molar-refractivity contribution in [2.75, 3.05) is 12.4 Å². The molecule has 0 aliphatic carbocycles. The standard InChI is InChI=1S/C15H17N3O2/c1-11(12-3-5-13(20-2)6-4-12)9-15(19)18-14-10-16-7-8-17-14/h3-8,10-11H,9H2,1-2H3,(H,17,18,19)/t11-/m1/s1. The molecule has 0 radical (unpaired) electrons. The molecular weight excluding hydrogens is 254 g/mol. The van der Waals surface area contributed by atoms with Crippen LogP contribution in [0.15, 0.2) is 42.9 Å². The molecular formula is C15H17N3O2. The van der Waals surface area contributed by atoms with Crippen LogP contribution in [0.2, 0.25) is 0 Å². The van der Waals surface area contributed by atoms with Crippen LogP contribution in [-0.4, -0.2) is 23.0 Å². The number of nitrogens with one attached hydrogen (secondary N) is 1. The zero-order valence-electron chi connectivity index (χ0n) is 11.5. The predicted octanol–water partition coefficient (Wildman–Crippen LogP) is 2.62. The molecule has 1 N–H and O–H groups in total. The van der Waals surface area contributed by atoms with Gasteiger partial charge in [-0.2, -0.15) is 0 Å². The summed E-state index contributed by atoms with van der Waals surface area (Å²) >= 11 is 0. The highest BCUT2D eigenvalue weighted by Crippen LogP contribution is 2.22. The number of amides is 1. The number of benzene rings is 1. The first-order valence-corrected chi connectivity index (χ1v) is 6.39. The zero-order valence-corrected chi connectivity index (χ0v) is 11.5.